The van der Waals surface area contributed by atoms with Crippen molar-refractivity contribution in [1.82, 2.24) is 19.6 Å². The minimum Gasteiger partial charge on any atom is -0.480 e. The second kappa shape index (κ2) is 4.18. The van der Waals surface area contributed by atoms with Crippen molar-refractivity contribution in [2.24, 2.45) is 0 Å². The third-order valence-electron chi connectivity index (χ3n) is 2.19. The maximum absolute atomic E-state index is 10.5. The van der Waals surface area contributed by atoms with Gasteiger partial charge in [-0.25, -0.2) is 0 Å². The highest BCUT2D eigenvalue weighted by molar-refractivity contribution is 5.66. The molecule has 0 aromatic carbocycles. The zero-order valence-electron chi connectivity index (χ0n) is 8.87. The van der Waals surface area contributed by atoms with E-state index < -0.39 is 5.97 Å². The van der Waals surface area contributed by atoms with Crippen molar-refractivity contribution in [2.45, 2.75) is 20.0 Å². The molecular formula is C10H12N4O2. The van der Waals surface area contributed by atoms with Crippen LogP contribution in [0.2, 0.25) is 0 Å². The molecule has 0 saturated carbocycles. The fourth-order valence-corrected chi connectivity index (χ4v) is 1.41. The van der Waals surface area contributed by atoms with E-state index in [1.165, 1.54) is 4.68 Å². The van der Waals surface area contributed by atoms with E-state index in [1.54, 1.807) is 23.1 Å². The maximum Gasteiger partial charge on any atom is 0.325 e. The van der Waals surface area contributed by atoms with Gasteiger partial charge in [-0.05, 0) is 13.0 Å². The van der Waals surface area contributed by atoms with E-state index in [4.69, 9.17) is 5.11 Å². The third kappa shape index (κ3) is 2.10. The van der Waals surface area contributed by atoms with E-state index in [1.807, 2.05) is 13.1 Å². The van der Waals surface area contributed by atoms with Crippen LogP contribution in [0, 0.1) is 0 Å². The first kappa shape index (κ1) is 10.4. The Labute approximate surface area is 92.1 Å². The monoisotopic (exact) mass is 220 g/mol. The molecule has 0 amide bonds. The second-order valence-corrected chi connectivity index (χ2v) is 3.38. The Bertz CT molecular complexity index is 500. The quantitative estimate of drug-likeness (QED) is 0.829. The smallest absolute Gasteiger partial charge is 0.325 e. The minimum atomic E-state index is -0.904. The number of aryl methyl sites for hydroxylation is 1. The van der Waals surface area contributed by atoms with Crippen LogP contribution >= 0.6 is 0 Å². The number of aliphatic carboxylic acids is 1. The summed E-state index contributed by atoms with van der Waals surface area (Å²) in [7, 11) is 0. The second-order valence-electron chi connectivity index (χ2n) is 3.38. The van der Waals surface area contributed by atoms with Crippen molar-refractivity contribution in [3.8, 4) is 11.3 Å². The number of carboxylic acid groups (broad SMARTS) is 1. The van der Waals surface area contributed by atoms with Crippen molar-refractivity contribution in [3.63, 3.8) is 0 Å². The van der Waals surface area contributed by atoms with Gasteiger partial charge in [0.15, 0.2) is 0 Å². The Morgan fingerprint density at radius 3 is 2.94 bits per heavy atom. The lowest BCUT2D eigenvalue weighted by Crippen LogP contribution is -2.08. The van der Waals surface area contributed by atoms with Gasteiger partial charge < -0.3 is 5.11 Å². The maximum atomic E-state index is 10.5. The fourth-order valence-electron chi connectivity index (χ4n) is 1.41. The van der Waals surface area contributed by atoms with Crippen LogP contribution in [0.15, 0.2) is 24.7 Å². The summed E-state index contributed by atoms with van der Waals surface area (Å²) in [4.78, 5) is 10.5. The molecule has 84 valence electrons. The lowest BCUT2D eigenvalue weighted by atomic mass is 10.3. The summed E-state index contributed by atoms with van der Waals surface area (Å²) in [5.74, 6) is -0.904. The molecule has 0 aliphatic carbocycles. The molecule has 2 rings (SSSR count). The molecule has 0 fully saturated rings. The van der Waals surface area contributed by atoms with Crippen molar-refractivity contribution in [2.75, 3.05) is 0 Å². The average molecular weight is 220 g/mol. The Morgan fingerprint density at radius 1 is 1.50 bits per heavy atom. The van der Waals surface area contributed by atoms with Gasteiger partial charge in [-0.1, -0.05) is 0 Å². The number of aromatic nitrogens is 4. The molecule has 0 aliphatic rings. The van der Waals surface area contributed by atoms with Crippen LogP contribution in [-0.4, -0.2) is 30.6 Å². The van der Waals surface area contributed by atoms with Crippen LogP contribution < -0.4 is 0 Å². The summed E-state index contributed by atoms with van der Waals surface area (Å²) >= 11 is 0. The summed E-state index contributed by atoms with van der Waals surface area (Å²) < 4.78 is 3.19. The first-order valence-electron chi connectivity index (χ1n) is 4.97. The number of carboxylic acids is 1. The van der Waals surface area contributed by atoms with E-state index in [9.17, 15) is 4.79 Å². The lowest BCUT2D eigenvalue weighted by Gasteiger charge is -1.94. The Morgan fingerprint density at radius 2 is 2.31 bits per heavy atom. The standard InChI is InChI=1S/C10H12N4O2/c1-2-13-6-8(5-11-13)9-3-4-14(12-9)7-10(15)16/h3-6H,2,7H2,1H3,(H,15,16). The zero-order chi connectivity index (χ0) is 11.5. The van der Waals surface area contributed by atoms with Gasteiger partial charge >= 0.3 is 5.97 Å². The minimum absolute atomic E-state index is 0.123. The molecule has 0 spiro atoms. The van der Waals surface area contributed by atoms with Crippen LogP contribution in [0.4, 0.5) is 0 Å². The predicted molar refractivity (Wildman–Crippen MR) is 56.8 cm³/mol. The first-order valence-corrected chi connectivity index (χ1v) is 4.97. The van der Waals surface area contributed by atoms with E-state index in [0.29, 0.717) is 0 Å². The molecule has 0 atom stereocenters. The van der Waals surface area contributed by atoms with Gasteiger partial charge in [0, 0.05) is 24.5 Å². The molecule has 0 unspecified atom stereocenters. The lowest BCUT2D eigenvalue weighted by molar-refractivity contribution is -0.137. The normalized spacial score (nSPS) is 10.6. The molecule has 6 heteroatoms. The van der Waals surface area contributed by atoms with Gasteiger partial charge in [-0.2, -0.15) is 10.2 Å². The SMILES string of the molecule is CCn1cc(-c2ccn(CC(=O)O)n2)cn1. The largest absolute Gasteiger partial charge is 0.480 e. The fraction of sp³-hybridized carbons (Fsp3) is 0.300. The third-order valence-corrected chi connectivity index (χ3v) is 2.19. The van der Waals surface area contributed by atoms with Gasteiger partial charge in [0.2, 0.25) is 0 Å². The molecule has 2 aromatic rings. The number of rotatable bonds is 4. The van der Waals surface area contributed by atoms with Gasteiger partial charge in [-0.3, -0.25) is 14.2 Å². The summed E-state index contributed by atoms with van der Waals surface area (Å²) in [5.41, 5.74) is 1.63. The van der Waals surface area contributed by atoms with Gasteiger partial charge in [0.05, 0.1) is 11.9 Å². The number of nitrogens with zero attached hydrogens (tertiary/aromatic N) is 4. The summed E-state index contributed by atoms with van der Waals surface area (Å²) in [6.45, 7) is 2.68. The summed E-state index contributed by atoms with van der Waals surface area (Å²) in [6, 6.07) is 1.78. The van der Waals surface area contributed by atoms with E-state index >= 15 is 0 Å². The van der Waals surface area contributed by atoms with Gasteiger partial charge in [-0.15, -0.1) is 0 Å². The highest BCUT2D eigenvalue weighted by Gasteiger charge is 2.06. The van der Waals surface area contributed by atoms with E-state index in [0.717, 1.165) is 17.8 Å². The molecule has 16 heavy (non-hydrogen) atoms. The van der Waals surface area contributed by atoms with Crippen molar-refractivity contribution >= 4 is 5.97 Å². The number of hydrogen-bond donors (Lipinski definition) is 1. The average Bonchev–Trinajstić information content (AvgIpc) is 2.83. The molecule has 6 nitrogen and oxygen atoms in total. The number of hydrogen-bond acceptors (Lipinski definition) is 3. The molecule has 0 bridgehead atoms. The van der Waals surface area contributed by atoms with Crippen LogP contribution in [0.1, 0.15) is 6.92 Å². The number of carbonyl (C=O) groups is 1. The van der Waals surface area contributed by atoms with E-state index in [2.05, 4.69) is 10.2 Å². The van der Waals surface area contributed by atoms with Crippen LogP contribution in [0.5, 0.6) is 0 Å². The van der Waals surface area contributed by atoms with Crippen molar-refractivity contribution < 1.29 is 9.90 Å². The molecule has 2 heterocycles. The van der Waals surface area contributed by atoms with Gasteiger partial charge in [0.25, 0.3) is 0 Å². The van der Waals surface area contributed by atoms with Gasteiger partial charge in [0.1, 0.15) is 6.54 Å². The van der Waals surface area contributed by atoms with Crippen LogP contribution in [0.25, 0.3) is 11.3 Å². The Hall–Kier alpha value is -2.11. The van der Waals surface area contributed by atoms with Crippen molar-refractivity contribution in [3.05, 3.63) is 24.7 Å². The molecule has 0 saturated heterocycles. The molecule has 0 radical (unpaired) electrons. The molecule has 1 N–H and O–H groups in total. The van der Waals surface area contributed by atoms with Crippen LogP contribution in [-0.2, 0) is 17.9 Å². The van der Waals surface area contributed by atoms with Crippen molar-refractivity contribution in [1.29, 1.82) is 0 Å². The molecule has 0 aliphatic heterocycles. The Balaban J connectivity index is 2.20. The predicted octanol–water partition coefficient (Wildman–Crippen LogP) is 0.851. The highest BCUT2D eigenvalue weighted by Crippen LogP contribution is 2.15. The Kier molecular flexibility index (Phi) is 2.72. The first-order chi connectivity index (χ1) is 7.69. The van der Waals surface area contributed by atoms with E-state index in [-0.39, 0.29) is 6.54 Å². The summed E-state index contributed by atoms with van der Waals surface area (Å²) in [5, 5.41) is 16.9. The summed E-state index contributed by atoms with van der Waals surface area (Å²) in [6.07, 6.45) is 5.25. The zero-order valence-corrected chi connectivity index (χ0v) is 8.87. The van der Waals surface area contributed by atoms with Crippen LogP contribution in [0.3, 0.4) is 0 Å². The topological polar surface area (TPSA) is 72.9 Å². The molecule has 2 aromatic heterocycles. The highest BCUT2D eigenvalue weighted by atomic mass is 16.4. The molecular weight excluding hydrogens is 208 g/mol.